The van der Waals surface area contributed by atoms with E-state index in [0.29, 0.717) is 24.5 Å². The topological polar surface area (TPSA) is 61.4 Å². The van der Waals surface area contributed by atoms with E-state index in [1.807, 2.05) is 38.1 Å². The predicted molar refractivity (Wildman–Crippen MR) is 86.9 cm³/mol. The number of nitrogens with zero attached hydrogens (tertiary/aromatic N) is 1. The Morgan fingerprint density at radius 2 is 1.90 bits per heavy atom. The number of hydrogen-bond donors (Lipinski definition) is 2. The zero-order valence-electron chi connectivity index (χ0n) is 13.4. The molecule has 0 aliphatic heterocycles. The molecule has 0 unspecified atom stereocenters. The first-order valence-electron chi connectivity index (χ1n) is 7.31. The van der Waals surface area contributed by atoms with Gasteiger partial charge in [0.05, 0.1) is 4.90 Å². The molecule has 0 saturated carbocycles. The highest BCUT2D eigenvalue weighted by Gasteiger charge is 2.16. The molecule has 0 fully saturated rings. The van der Waals surface area contributed by atoms with E-state index in [9.17, 15) is 8.42 Å². The molecule has 1 rings (SSSR count). The lowest BCUT2D eigenvalue weighted by Crippen LogP contribution is -2.31. The quantitative estimate of drug-likeness (QED) is 0.675. The molecule has 0 saturated heterocycles. The summed E-state index contributed by atoms with van der Waals surface area (Å²) in [6, 6.07) is 5.59. The highest BCUT2D eigenvalue weighted by molar-refractivity contribution is 7.89. The number of aryl methyl sites for hydroxylation is 1. The molecule has 0 aliphatic rings. The Kier molecular flexibility index (Phi) is 7.31. The van der Waals surface area contributed by atoms with E-state index < -0.39 is 10.0 Å². The molecule has 1 aromatic carbocycles. The van der Waals surface area contributed by atoms with Crippen molar-refractivity contribution in [1.82, 2.24) is 14.9 Å². The molecule has 6 heteroatoms. The van der Waals surface area contributed by atoms with Crippen LogP contribution in [0, 0.1) is 6.92 Å². The molecule has 1 aromatic rings. The highest BCUT2D eigenvalue weighted by atomic mass is 32.2. The lowest BCUT2D eigenvalue weighted by molar-refractivity contribution is 0.412. The van der Waals surface area contributed by atoms with Gasteiger partial charge in [0.25, 0.3) is 0 Å². The summed E-state index contributed by atoms with van der Waals surface area (Å²) in [6.45, 7) is 6.63. The van der Waals surface area contributed by atoms with Crippen molar-refractivity contribution in [3.05, 3.63) is 29.3 Å². The monoisotopic (exact) mass is 313 g/mol. The van der Waals surface area contributed by atoms with E-state index in [1.54, 1.807) is 6.07 Å². The Morgan fingerprint density at radius 3 is 2.52 bits per heavy atom. The van der Waals surface area contributed by atoms with E-state index in [4.69, 9.17) is 0 Å². The van der Waals surface area contributed by atoms with Crippen molar-refractivity contribution < 1.29 is 8.42 Å². The Labute approximate surface area is 128 Å². The van der Waals surface area contributed by atoms with E-state index in [2.05, 4.69) is 17.0 Å². The van der Waals surface area contributed by atoms with E-state index in [0.717, 1.165) is 24.1 Å². The fourth-order valence-electron chi connectivity index (χ4n) is 1.93. The van der Waals surface area contributed by atoms with Gasteiger partial charge in [0.15, 0.2) is 0 Å². The number of sulfonamides is 1. The summed E-state index contributed by atoms with van der Waals surface area (Å²) in [5.74, 6) is 0. The van der Waals surface area contributed by atoms with Gasteiger partial charge in [-0.05, 0) is 51.2 Å². The molecule has 5 nitrogen and oxygen atoms in total. The van der Waals surface area contributed by atoms with Crippen LogP contribution in [-0.4, -0.2) is 47.0 Å². The standard InChI is InChI=1S/C15H27N3O2S/c1-5-8-16-12-14-7-6-13(2)15(11-14)21(19,20)17-9-10-18(3)4/h6-7,11,16-17H,5,8-10,12H2,1-4H3. The zero-order valence-corrected chi connectivity index (χ0v) is 14.3. The van der Waals surface area contributed by atoms with Crippen LogP contribution in [-0.2, 0) is 16.6 Å². The second kappa shape index (κ2) is 8.48. The summed E-state index contributed by atoms with van der Waals surface area (Å²) in [5, 5.41) is 3.29. The maximum Gasteiger partial charge on any atom is 0.240 e. The van der Waals surface area contributed by atoms with Crippen LogP contribution in [0.1, 0.15) is 24.5 Å². The van der Waals surface area contributed by atoms with Gasteiger partial charge in [-0.2, -0.15) is 0 Å². The number of hydrogen-bond acceptors (Lipinski definition) is 4. The Hall–Kier alpha value is -0.950. The maximum absolute atomic E-state index is 12.4. The summed E-state index contributed by atoms with van der Waals surface area (Å²) >= 11 is 0. The van der Waals surface area contributed by atoms with Crippen molar-refractivity contribution >= 4 is 10.0 Å². The van der Waals surface area contributed by atoms with Gasteiger partial charge >= 0.3 is 0 Å². The Morgan fingerprint density at radius 1 is 1.19 bits per heavy atom. The highest BCUT2D eigenvalue weighted by Crippen LogP contribution is 2.17. The third-order valence-electron chi connectivity index (χ3n) is 3.15. The molecular weight excluding hydrogens is 286 g/mol. The number of likely N-dealkylation sites (N-methyl/N-ethyl adjacent to an activating group) is 1. The summed E-state index contributed by atoms with van der Waals surface area (Å²) in [4.78, 5) is 2.32. The zero-order chi connectivity index (χ0) is 15.9. The molecule has 2 N–H and O–H groups in total. The summed E-state index contributed by atoms with van der Waals surface area (Å²) in [5.41, 5.74) is 1.76. The first-order chi connectivity index (χ1) is 9.86. The van der Waals surface area contributed by atoms with Gasteiger partial charge < -0.3 is 10.2 Å². The summed E-state index contributed by atoms with van der Waals surface area (Å²) < 4.78 is 27.4. The van der Waals surface area contributed by atoms with Crippen molar-refractivity contribution in [3.8, 4) is 0 Å². The van der Waals surface area contributed by atoms with Crippen LogP contribution in [0.4, 0.5) is 0 Å². The molecule has 21 heavy (non-hydrogen) atoms. The van der Waals surface area contributed by atoms with Gasteiger partial charge in [0.2, 0.25) is 10.0 Å². The Bertz CT molecular complexity index is 542. The average Bonchev–Trinajstić information content (AvgIpc) is 2.40. The van der Waals surface area contributed by atoms with Crippen LogP contribution in [0.2, 0.25) is 0 Å². The largest absolute Gasteiger partial charge is 0.313 e. The molecular formula is C15H27N3O2S. The fourth-order valence-corrected chi connectivity index (χ4v) is 3.25. The first kappa shape index (κ1) is 18.1. The van der Waals surface area contributed by atoms with Crippen molar-refractivity contribution in [2.45, 2.75) is 31.7 Å². The minimum atomic E-state index is -3.44. The van der Waals surface area contributed by atoms with Gasteiger partial charge in [-0.1, -0.05) is 19.1 Å². The minimum absolute atomic E-state index is 0.372. The second-order valence-electron chi connectivity index (χ2n) is 5.48. The average molecular weight is 313 g/mol. The smallest absolute Gasteiger partial charge is 0.240 e. The van der Waals surface area contributed by atoms with E-state index in [-0.39, 0.29) is 0 Å². The molecule has 0 atom stereocenters. The van der Waals surface area contributed by atoms with Crippen LogP contribution >= 0.6 is 0 Å². The predicted octanol–water partition coefficient (Wildman–Crippen LogP) is 1.33. The van der Waals surface area contributed by atoms with Gasteiger partial charge in [0, 0.05) is 19.6 Å². The molecule has 0 bridgehead atoms. The van der Waals surface area contributed by atoms with Gasteiger partial charge in [-0.25, -0.2) is 13.1 Å². The lowest BCUT2D eigenvalue weighted by Gasteiger charge is -2.13. The van der Waals surface area contributed by atoms with Crippen molar-refractivity contribution in [3.63, 3.8) is 0 Å². The maximum atomic E-state index is 12.4. The minimum Gasteiger partial charge on any atom is -0.313 e. The lowest BCUT2D eigenvalue weighted by atomic mass is 10.1. The normalized spacial score (nSPS) is 12.0. The van der Waals surface area contributed by atoms with Crippen LogP contribution in [0.3, 0.4) is 0 Å². The summed E-state index contributed by atoms with van der Waals surface area (Å²) in [6.07, 6.45) is 1.06. The first-order valence-corrected chi connectivity index (χ1v) is 8.79. The van der Waals surface area contributed by atoms with Crippen molar-refractivity contribution in [1.29, 1.82) is 0 Å². The van der Waals surface area contributed by atoms with Crippen molar-refractivity contribution in [2.75, 3.05) is 33.7 Å². The third kappa shape index (κ3) is 6.13. The van der Waals surface area contributed by atoms with Crippen LogP contribution in [0.15, 0.2) is 23.1 Å². The number of rotatable bonds is 9. The molecule has 0 aliphatic carbocycles. The molecule has 120 valence electrons. The molecule has 0 radical (unpaired) electrons. The Balaban J connectivity index is 2.81. The van der Waals surface area contributed by atoms with Crippen LogP contribution in [0.5, 0.6) is 0 Å². The van der Waals surface area contributed by atoms with E-state index >= 15 is 0 Å². The number of nitrogens with one attached hydrogen (secondary N) is 2. The number of benzene rings is 1. The molecule has 0 aromatic heterocycles. The summed E-state index contributed by atoms with van der Waals surface area (Å²) in [7, 11) is 0.388. The molecule has 0 spiro atoms. The van der Waals surface area contributed by atoms with Crippen LogP contribution < -0.4 is 10.0 Å². The van der Waals surface area contributed by atoms with E-state index in [1.165, 1.54) is 0 Å². The third-order valence-corrected chi connectivity index (χ3v) is 4.75. The van der Waals surface area contributed by atoms with Crippen molar-refractivity contribution in [2.24, 2.45) is 0 Å². The SMILES string of the molecule is CCCNCc1ccc(C)c(S(=O)(=O)NCCN(C)C)c1. The van der Waals surface area contributed by atoms with Gasteiger partial charge in [-0.15, -0.1) is 0 Å². The van der Waals surface area contributed by atoms with Crippen LogP contribution in [0.25, 0.3) is 0 Å². The van der Waals surface area contributed by atoms with Gasteiger partial charge in [0.1, 0.15) is 0 Å². The molecule has 0 heterocycles. The van der Waals surface area contributed by atoms with Gasteiger partial charge in [-0.3, -0.25) is 0 Å². The fraction of sp³-hybridized carbons (Fsp3) is 0.600. The molecule has 0 amide bonds. The second-order valence-corrected chi connectivity index (χ2v) is 7.21.